The Morgan fingerprint density at radius 3 is 1.68 bits per heavy atom. The summed E-state index contributed by atoms with van der Waals surface area (Å²) in [4.78, 5) is 10.7. The summed E-state index contributed by atoms with van der Waals surface area (Å²) in [6.07, 6.45) is 8.55. The number of benzene rings is 1. The van der Waals surface area contributed by atoms with Gasteiger partial charge in [0, 0.05) is 70.0 Å². The van der Waals surface area contributed by atoms with Crippen LogP contribution in [0.1, 0.15) is 91.2 Å². The molecule has 1 aromatic carbocycles. The van der Waals surface area contributed by atoms with Gasteiger partial charge in [0.25, 0.3) is 0 Å². The highest BCUT2D eigenvalue weighted by Crippen LogP contribution is 2.34. The van der Waals surface area contributed by atoms with Crippen molar-refractivity contribution in [2.75, 3.05) is 46.3 Å². The molecule has 2 aliphatic heterocycles. The van der Waals surface area contributed by atoms with Crippen molar-refractivity contribution in [3.05, 3.63) is 35.4 Å². The van der Waals surface area contributed by atoms with Crippen molar-refractivity contribution in [2.45, 2.75) is 111 Å². The quantitative estimate of drug-likeness (QED) is 0.497. The number of hydrogen-bond acceptors (Lipinski definition) is 5. The maximum atomic E-state index is 8.94. The summed E-state index contributed by atoms with van der Waals surface area (Å²) in [5.41, 5.74) is 2.76. The second-order valence-electron chi connectivity index (χ2n) is 14.7. The lowest BCUT2D eigenvalue weighted by Gasteiger charge is -2.51. The van der Waals surface area contributed by atoms with Crippen molar-refractivity contribution in [2.24, 2.45) is 10.8 Å². The Labute approximate surface area is 234 Å². The molecule has 1 aromatic rings. The van der Waals surface area contributed by atoms with E-state index in [0.717, 1.165) is 36.8 Å². The minimum absolute atomic E-state index is 0.287. The molecule has 0 bridgehead atoms. The van der Waals surface area contributed by atoms with Gasteiger partial charge >= 0.3 is 0 Å². The van der Waals surface area contributed by atoms with E-state index in [0.29, 0.717) is 11.5 Å². The fraction of sp³-hybridized carbons (Fsp3) is 0.788. The fourth-order valence-corrected chi connectivity index (χ4v) is 6.77. The first-order valence-corrected chi connectivity index (χ1v) is 15.4. The Hall–Kier alpha value is -1.45. The SMILES string of the molecule is CC(C)(C)C1CN(C2CCC2)CCN1Cc1ccc(C#N)cc1.CN1CCN(C2CCC2)CC1C(C)(C)C. The lowest BCUT2D eigenvalue weighted by atomic mass is 9.82. The molecule has 2 saturated heterocycles. The van der Waals surface area contributed by atoms with Gasteiger partial charge in [-0.05, 0) is 61.3 Å². The first-order chi connectivity index (χ1) is 18.0. The largest absolute Gasteiger partial charge is 0.300 e. The number of hydrogen-bond donors (Lipinski definition) is 0. The van der Waals surface area contributed by atoms with Crippen molar-refractivity contribution < 1.29 is 0 Å². The van der Waals surface area contributed by atoms with Crippen LogP contribution in [-0.4, -0.2) is 90.1 Å². The molecule has 2 saturated carbocycles. The molecule has 2 heterocycles. The molecule has 5 rings (SSSR count). The van der Waals surface area contributed by atoms with Crippen molar-refractivity contribution in [3.8, 4) is 6.07 Å². The summed E-state index contributed by atoms with van der Waals surface area (Å²) in [5.74, 6) is 0. The minimum Gasteiger partial charge on any atom is -0.300 e. The number of nitrogens with zero attached hydrogens (tertiary/aromatic N) is 5. The van der Waals surface area contributed by atoms with Gasteiger partial charge in [-0.2, -0.15) is 5.26 Å². The predicted octanol–water partition coefficient (Wildman–Crippen LogP) is 5.84. The Morgan fingerprint density at radius 1 is 0.737 bits per heavy atom. The van der Waals surface area contributed by atoms with Gasteiger partial charge in [-0.25, -0.2) is 0 Å². The summed E-state index contributed by atoms with van der Waals surface area (Å²) >= 11 is 0. The summed E-state index contributed by atoms with van der Waals surface area (Å²) in [7, 11) is 2.29. The normalized spacial score (nSPS) is 27.1. The molecule has 0 N–H and O–H groups in total. The fourth-order valence-electron chi connectivity index (χ4n) is 6.77. The molecule has 0 radical (unpaired) electrons. The van der Waals surface area contributed by atoms with Crippen LogP contribution in [0.4, 0.5) is 0 Å². The van der Waals surface area contributed by atoms with Gasteiger partial charge in [-0.1, -0.05) is 66.5 Å². The first kappa shape index (κ1) is 29.5. The molecule has 2 unspecified atom stereocenters. The molecule has 0 amide bonds. The number of nitriles is 1. The van der Waals surface area contributed by atoms with Gasteiger partial charge in [-0.15, -0.1) is 0 Å². The first-order valence-electron chi connectivity index (χ1n) is 15.4. The van der Waals surface area contributed by atoms with Crippen LogP contribution in [0.25, 0.3) is 0 Å². The standard InChI is InChI=1S/C20H29N3.C13H26N2/c1-20(2,3)19-15-22(18-5-4-6-18)11-12-23(19)14-17-9-7-16(13-21)8-10-17;1-13(2,3)12-10-15(9-8-14(12)4)11-6-5-7-11/h7-10,18-19H,4-6,11-12,14-15H2,1-3H3;11-12H,5-10H2,1-4H3. The average molecular weight is 522 g/mol. The van der Waals surface area contributed by atoms with E-state index >= 15 is 0 Å². The van der Waals surface area contributed by atoms with Crippen molar-refractivity contribution in [1.29, 1.82) is 5.26 Å². The summed E-state index contributed by atoms with van der Waals surface area (Å²) in [6.45, 7) is 22.6. The lowest BCUT2D eigenvalue weighted by molar-refractivity contribution is -0.0209. The van der Waals surface area contributed by atoms with Crippen molar-refractivity contribution >= 4 is 0 Å². The maximum Gasteiger partial charge on any atom is 0.0991 e. The van der Waals surface area contributed by atoms with Gasteiger partial charge in [0.05, 0.1) is 11.6 Å². The summed E-state index contributed by atoms with van der Waals surface area (Å²) in [6, 6.07) is 13.4. The van der Waals surface area contributed by atoms with Crippen LogP contribution < -0.4 is 0 Å². The Kier molecular flexibility index (Phi) is 9.62. The summed E-state index contributed by atoms with van der Waals surface area (Å²) < 4.78 is 0. The topological polar surface area (TPSA) is 36.8 Å². The van der Waals surface area contributed by atoms with Crippen molar-refractivity contribution in [1.82, 2.24) is 19.6 Å². The van der Waals surface area contributed by atoms with Crippen molar-refractivity contribution in [3.63, 3.8) is 0 Å². The average Bonchev–Trinajstić information content (AvgIpc) is 2.78. The molecule has 5 heteroatoms. The Bertz CT molecular complexity index is 913. The van der Waals surface area contributed by atoms with Crippen LogP contribution in [0.15, 0.2) is 24.3 Å². The van der Waals surface area contributed by atoms with E-state index in [1.165, 1.54) is 76.8 Å². The van der Waals surface area contributed by atoms with Crippen LogP contribution in [0.2, 0.25) is 0 Å². The van der Waals surface area contributed by atoms with E-state index in [1.807, 2.05) is 12.1 Å². The van der Waals surface area contributed by atoms with Gasteiger partial charge in [0.1, 0.15) is 0 Å². The van der Waals surface area contributed by atoms with Crippen LogP contribution in [0.3, 0.4) is 0 Å². The third-order valence-electron chi connectivity index (χ3n) is 9.85. The van der Waals surface area contributed by atoms with E-state index in [-0.39, 0.29) is 5.41 Å². The van der Waals surface area contributed by atoms with Gasteiger partial charge in [0.15, 0.2) is 0 Å². The predicted molar refractivity (Wildman–Crippen MR) is 159 cm³/mol. The Morgan fingerprint density at radius 2 is 1.24 bits per heavy atom. The van der Waals surface area contributed by atoms with Gasteiger partial charge in [-0.3, -0.25) is 14.7 Å². The molecule has 2 aliphatic carbocycles. The van der Waals surface area contributed by atoms with Gasteiger partial charge < -0.3 is 4.90 Å². The minimum atomic E-state index is 0.287. The zero-order valence-electron chi connectivity index (χ0n) is 25.5. The molecule has 0 aromatic heterocycles. The lowest BCUT2D eigenvalue weighted by Crippen LogP contribution is -2.60. The van der Waals surface area contributed by atoms with E-state index in [9.17, 15) is 0 Å². The third-order valence-corrected chi connectivity index (χ3v) is 9.85. The second kappa shape index (κ2) is 12.4. The van der Waals surface area contributed by atoms with E-state index in [2.05, 4.69) is 86.4 Å². The monoisotopic (exact) mass is 521 g/mol. The van der Waals surface area contributed by atoms with Crippen LogP contribution in [0.5, 0.6) is 0 Å². The van der Waals surface area contributed by atoms with Crippen LogP contribution in [0, 0.1) is 22.2 Å². The number of likely N-dealkylation sites (N-methyl/N-ethyl adjacent to an activating group) is 1. The zero-order valence-corrected chi connectivity index (χ0v) is 25.5. The molecular formula is C33H55N5. The molecule has 38 heavy (non-hydrogen) atoms. The second-order valence-corrected chi connectivity index (χ2v) is 14.7. The highest BCUT2D eigenvalue weighted by molar-refractivity contribution is 5.31. The zero-order chi connectivity index (χ0) is 27.5. The maximum absolute atomic E-state index is 8.94. The molecule has 2 atom stereocenters. The molecule has 5 nitrogen and oxygen atoms in total. The molecule has 212 valence electrons. The number of piperazine rings is 2. The highest BCUT2D eigenvalue weighted by atomic mass is 15.3. The van der Waals surface area contributed by atoms with E-state index < -0.39 is 0 Å². The smallest absolute Gasteiger partial charge is 0.0991 e. The van der Waals surface area contributed by atoms with Crippen LogP contribution in [-0.2, 0) is 6.54 Å². The van der Waals surface area contributed by atoms with Crippen LogP contribution >= 0.6 is 0 Å². The Balaban J connectivity index is 0.000000194. The highest BCUT2D eigenvalue weighted by Gasteiger charge is 2.39. The summed E-state index contributed by atoms with van der Waals surface area (Å²) in [5, 5.41) is 8.94. The molecule has 0 spiro atoms. The number of rotatable bonds is 4. The van der Waals surface area contributed by atoms with E-state index in [1.54, 1.807) is 0 Å². The molecule has 4 fully saturated rings. The molecule has 4 aliphatic rings. The van der Waals surface area contributed by atoms with Gasteiger partial charge in [0.2, 0.25) is 0 Å². The molecular weight excluding hydrogens is 466 g/mol. The van der Waals surface area contributed by atoms with E-state index in [4.69, 9.17) is 5.26 Å². The third kappa shape index (κ3) is 7.39.